The van der Waals surface area contributed by atoms with E-state index in [2.05, 4.69) is 27.7 Å². The molecule has 0 aliphatic heterocycles. The molecule has 0 bridgehead atoms. The molecule has 0 aromatic rings. The average molecular weight is 243 g/mol. The molecule has 0 aliphatic rings. The molecule has 0 spiro atoms. The zero-order chi connectivity index (χ0) is 10.5. The van der Waals surface area contributed by atoms with Crippen LogP contribution in [0, 0.1) is 5.41 Å². The van der Waals surface area contributed by atoms with Crippen LogP contribution in [0.2, 0.25) is 0 Å². The molecule has 114 valence electrons. The molecular weight excluding hydrogens is 192 g/mol. The summed E-state index contributed by atoms with van der Waals surface area (Å²) in [4.78, 5) is 0. The zero-order valence-electron chi connectivity index (χ0n) is 10.5. The van der Waals surface area contributed by atoms with Gasteiger partial charge in [-0.05, 0) is 5.41 Å². The van der Waals surface area contributed by atoms with E-state index >= 15 is 0 Å². The summed E-state index contributed by atoms with van der Waals surface area (Å²) in [5.74, 6) is 0. The van der Waals surface area contributed by atoms with Gasteiger partial charge in [0.15, 0.2) is 0 Å². The Morgan fingerprint density at radius 2 is 0.375 bits per heavy atom. The Bertz CT molecular complexity index is 15.5. The molecule has 0 atom stereocenters. The van der Waals surface area contributed by atoms with Gasteiger partial charge in [-0.3, -0.25) is 0 Å². The van der Waals surface area contributed by atoms with Crippen LogP contribution in [0.5, 0.6) is 0 Å². The smallest absolute Gasteiger partial charge is 0.0411 e. The molecule has 0 saturated heterocycles. The number of rotatable bonds is 0. The van der Waals surface area contributed by atoms with Crippen molar-refractivity contribution in [3.63, 3.8) is 0 Å². The third kappa shape index (κ3) is 0. The first-order valence-corrected chi connectivity index (χ1v) is 5.00. The van der Waals surface area contributed by atoms with Gasteiger partial charge in [-0.25, -0.2) is 0 Å². The lowest BCUT2D eigenvalue weighted by molar-refractivity contribution is 0.469. The van der Waals surface area contributed by atoms with Gasteiger partial charge in [0.1, 0.15) is 0 Å². The third-order valence-corrected chi connectivity index (χ3v) is 0. The molecule has 0 N–H and O–H groups in total. The maximum atomic E-state index is 2.19. The van der Waals surface area contributed by atoms with Gasteiger partial charge in [-0.15, -0.1) is 0 Å². The summed E-state index contributed by atoms with van der Waals surface area (Å²) in [5.41, 5.74) is 0.500. The van der Waals surface area contributed by atoms with E-state index in [0.717, 1.165) is 0 Å². The monoisotopic (exact) mass is 242 g/mol. The van der Waals surface area contributed by atoms with Crippen LogP contribution in [0.4, 0.5) is 0 Å². The summed E-state index contributed by atoms with van der Waals surface area (Å²) in [6.45, 7) is 20.8. The maximum Gasteiger partial charge on any atom is -0.0411 e. The van der Waals surface area contributed by atoms with Gasteiger partial charge in [0.2, 0.25) is 0 Å². The van der Waals surface area contributed by atoms with E-state index in [-0.39, 0.29) is 37.1 Å². The first-order chi connectivity index (χ1) is 5.00. The van der Waals surface area contributed by atoms with Gasteiger partial charge in [-0.2, -0.15) is 0 Å². The Labute approximate surface area is 112 Å². The topological polar surface area (TPSA) is 0 Å². The van der Waals surface area contributed by atoms with E-state index < -0.39 is 0 Å². The fourth-order valence-electron chi connectivity index (χ4n) is 0. The summed E-state index contributed by atoms with van der Waals surface area (Å²) < 4.78 is 0. The van der Waals surface area contributed by atoms with E-state index in [9.17, 15) is 0 Å². The molecule has 0 aromatic heterocycles. The van der Waals surface area contributed by atoms with E-state index in [1.165, 1.54) is 0 Å². The van der Waals surface area contributed by atoms with Gasteiger partial charge in [0.25, 0.3) is 0 Å². The number of hydrogen-bond donors (Lipinski definition) is 0. The van der Waals surface area contributed by atoms with E-state index in [4.69, 9.17) is 0 Å². The van der Waals surface area contributed by atoms with Crippen molar-refractivity contribution in [3.05, 3.63) is 0 Å². The van der Waals surface area contributed by atoms with E-state index in [0.29, 0.717) is 5.41 Å². The molecule has 0 aliphatic carbocycles. The predicted molar refractivity (Wildman–Crippen MR) is 92.8 cm³/mol. The van der Waals surface area contributed by atoms with Gasteiger partial charge < -0.3 is 0 Å². The Morgan fingerprint density at radius 3 is 0.375 bits per heavy atom. The molecule has 0 amide bonds. The summed E-state index contributed by atoms with van der Waals surface area (Å²) in [7, 11) is 0. The molecule has 0 heteroatoms. The molecular formula is C16H50. The molecule has 16 heavy (non-hydrogen) atoms. The van der Waals surface area contributed by atoms with Crippen molar-refractivity contribution in [1.82, 2.24) is 0 Å². The average Bonchev–Trinajstić information content (AvgIpc) is 1.96. The lowest BCUT2D eigenvalue weighted by atomic mass is 10.0. The lowest BCUT2D eigenvalue weighted by Gasteiger charge is -2.05. The highest BCUT2D eigenvalue weighted by molar-refractivity contribution is 4.47. The number of hydrogen-bond acceptors (Lipinski definition) is 0. The molecule has 0 saturated carbocycles. The highest BCUT2D eigenvalue weighted by Gasteiger charge is 1.95. The van der Waals surface area contributed by atoms with E-state index in [1.807, 2.05) is 41.5 Å². The molecule has 0 heterocycles. The largest absolute Gasteiger partial charge is 0.0776 e. The van der Waals surface area contributed by atoms with Crippen molar-refractivity contribution in [2.75, 3.05) is 0 Å². The van der Waals surface area contributed by atoms with Crippen LogP contribution in [0.1, 0.15) is 106 Å². The second-order valence-electron chi connectivity index (χ2n) is 3.00. The maximum absolute atomic E-state index is 2.19. The molecule has 0 radical (unpaired) electrons. The van der Waals surface area contributed by atoms with Crippen LogP contribution in [0.25, 0.3) is 0 Å². The van der Waals surface area contributed by atoms with Gasteiger partial charge in [0, 0.05) is 0 Å². The van der Waals surface area contributed by atoms with Crippen LogP contribution in [-0.4, -0.2) is 0 Å². The molecule has 0 aromatic carbocycles. The van der Waals surface area contributed by atoms with Crippen LogP contribution in [0.3, 0.4) is 0 Å². The molecule has 0 fully saturated rings. The van der Waals surface area contributed by atoms with Crippen molar-refractivity contribution in [2.24, 2.45) is 5.41 Å². The second-order valence-corrected chi connectivity index (χ2v) is 3.00. The fraction of sp³-hybridized carbons (Fsp3) is 1.00. The summed E-state index contributed by atoms with van der Waals surface area (Å²) >= 11 is 0. The van der Waals surface area contributed by atoms with Gasteiger partial charge >= 0.3 is 0 Å². The van der Waals surface area contributed by atoms with Gasteiger partial charge in [0.05, 0.1) is 0 Å². The van der Waals surface area contributed by atoms with Crippen LogP contribution < -0.4 is 0 Å². The molecule has 0 unspecified atom stereocenters. The van der Waals surface area contributed by atoms with Crippen molar-refractivity contribution in [2.45, 2.75) is 106 Å². The van der Waals surface area contributed by atoms with Crippen molar-refractivity contribution >= 4 is 0 Å². The molecule has 0 nitrogen and oxygen atoms in total. The van der Waals surface area contributed by atoms with Crippen LogP contribution in [0.15, 0.2) is 0 Å². The van der Waals surface area contributed by atoms with Crippen molar-refractivity contribution in [1.29, 1.82) is 0 Å². The normalized spacial score (nSPS) is 4.88. The fourth-order valence-corrected chi connectivity index (χ4v) is 0. The molecule has 0 rings (SSSR count). The highest BCUT2D eigenvalue weighted by Crippen LogP contribution is 2.07. The minimum absolute atomic E-state index is 0. The quantitative estimate of drug-likeness (QED) is 0.400. The Morgan fingerprint density at radius 1 is 0.375 bits per heavy atom. The first kappa shape index (κ1) is 73.5. The third-order valence-electron chi connectivity index (χ3n) is 0. The summed E-state index contributed by atoms with van der Waals surface area (Å²) in [6, 6.07) is 0. The van der Waals surface area contributed by atoms with Crippen LogP contribution in [-0.2, 0) is 0 Å². The van der Waals surface area contributed by atoms with E-state index in [1.54, 1.807) is 0 Å². The van der Waals surface area contributed by atoms with Crippen molar-refractivity contribution < 1.29 is 0 Å². The highest BCUT2D eigenvalue weighted by atomic mass is 14.0. The first-order valence-electron chi connectivity index (χ1n) is 5.00. The Balaban J connectivity index is -0.00000000578. The minimum Gasteiger partial charge on any atom is -0.0776 e. The summed E-state index contributed by atoms with van der Waals surface area (Å²) in [6.07, 6.45) is 0. The van der Waals surface area contributed by atoms with Crippen molar-refractivity contribution in [3.8, 4) is 0 Å². The van der Waals surface area contributed by atoms with Crippen LogP contribution >= 0.6 is 0 Å². The lowest BCUT2D eigenvalue weighted by Crippen LogP contribution is -1.93. The Kier molecular flexibility index (Phi) is 375. The predicted octanol–water partition coefficient (Wildman–Crippen LogP) is 8.31. The Hall–Kier alpha value is 0. The standard InChI is InChI=1S/C5H12.3C2H6.5CH4/c1-5(2,3)4;3*1-2;;;;;/h1-4H3;3*1-2H3;5*1H4. The zero-order valence-corrected chi connectivity index (χ0v) is 10.5. The SMILES string of the molecule is C.C.C.C.C.CC.CC.CC.CC(C)(C)C. The second kappa shape index (κ2) is 81.7. The summed E-state index contributed by atoms with van der Waals surface area (Å²) in [5, 5.41) is 0. The minimum atomic E-state index is 0. The van der Waals surface area contributed by atoms with Gasteiger partial charge in [-0.1, -0.05) is 106 Å².